The maximum Gasteiger partial charge on any atom is 0.319 e. The Labute approximate surface area is 223 Å². The number of rotatable bonds is 8. The minimum absolute atomic E-state index is 0.198. The highest BCUT2D eigenvalue weighted by atomic mass is 16.6. The van der Waals surface area contributed by atoms with Gasteiger partial charge in [0.2, 0.25) is 5.91 Å². The van der Waals surface area contributed by atoms with Crippen molar-refractivity contribution in [2.45, 2.75) is 58.0 Å². The summed E-state index contributed by atoms with van der Waals surface area (Å²) in [6.07, 6.45) is 0.914. The first kappa shape index (κ1) is 26.0. The number of benzene rings is 3. The Balaban J connectivity index is 1.22. The molecule has 2 heterocycles. The van der Waals surface area contributed by atoms with E-state index in [-0.39, 0.29) is 11.8 Å². The standard InChI is InChI=1S/C30H36N4O4/c1-19(2)16-26(28(35)32-25-13-15-38-29(25)36)33-30(37)31-23-10-11-27-21(17-23)12-14-34(27)18-22-8-5-7-20-6-3-4-9-24(20)22/h3-11,17,19,25-26,29,36H,12-16,18H2,1-2H3,(H,32,35)(H2,31,33,37)/t25-,26-,29?/m0/s1. The fourth-order valence-electron chi connectivity index (χ4n) is 5.38. The molecule has 8 heteroatoms. The Hall–Kier alpha value is -3.62. The first-order chi connectivity index (χ1) is 18.4. The molecule has 1 fully saturated rings. The number of fused-ring (bicyclic) bond motifs is 2. The van der Waals surface area contributed by atoms with E-state index < -0.39 is 24.4 Å². The van der Waals surface area contributed by atoms with Crippen LogP contribution in [0.1, 0.15) is 37.8 Å². The number of anilines is 2. The molecule has 0 radical (unpaired) electrons. The molecule has 1 saturated heterocycles. The number of hydrogen-bond acceptors (Lipinski definition) is 5. The molecular weight excluding hydrogens is 480 g/mol. The van der Waals surface area contributed by atoms with Gasteiger partial charge < -0.3 is 30.7 Å². The number of ether oxygens (including phenoxy) is 1. The lowest BCUT2D eigenvalue weighted by atomic mass is 10.0. The molecule has 0 aliphatic carbocycles. The zero-order valence-corrected chi connectivity index (χ0v) is 21.9. The zero-order valence-electron chi connectivity index (χ0n) is 21.9. The molecule has 0 spiro atoms. The molecule has 2 aliphatic heterocycles. The summed E-state index contributed by atoms with van der Waals surface area (Å²) in [4.78, 5) is 28.1. The fourth-order valence-corrected chi connectivity index (χ4v) is 5.38. The summed E-state index contributed by atoms with van der Waals surface area (Å²) in [6.45, 7) is 6.14. The van der Waals surface area contributed by atoms with Gasteiger partial charge in [0.1, 0.15) is 6.04 Å². The fraction of sp³-hybridized carbons (Fsp3) is 0.400. The Bertz CT molecular complexity index is 1310. The van der Waals surface area contributed by atoms with Gasteiger partial charge in [-0.2, -0.15) is 0 Å². The Morgan fingerprint density at radius 2 is 1.92 bits per heavy atom. The summed E-state index contributed by atoms with van der Waals surface area (Å²) < 4.78 is 5.12. The van der Waals surface area contributed by atoms with Gasteiger partial charge in [-0.25, -0.2) is 4.79 Å². The van der Waals surface area contributed by atoms with Crippen LogP contribution in [0.15, 0.2) is 60.7 Å². The largest absolute Gasteiger partial charge is 0.367 e. The Morgan fingerprint density at radius 3 is 2.71 bits per heavy atom. The van der Waals surface area contributed by atoms with Gasteiger partial charge in [-0.3, -0.25) is 4.79 Å². The summed E-state index contributed by atoms with van der Waals surface area (Å²) in [5.74, 6) is -0.120. The van der Waals surface area contributed by atoms with E-state index in [9.17, 15) is 14.7 Å². The van der Waals surface area contributed by atoms with E-state index >= 15 is 0 Å². The van der Waals surface area contributed by atoms with E-state index in [1.165, 1.54) is 27.6 Å². The van der Waals surface area contributed by atoms with Crippen molar-refractivity contribution in [3.63, 3.8) is 0 Å². The number of aliphatic hydroxyl groups excluding tert-OH is 1. The molecule has 38 heavy (non-hydrogen) atoms. The maximum absolute atomic E-state index is 12.9. The summed E-state index contributed by atoms with van der Waals surface area (Å²) >= 11 is 0. The van der Waals surface area contributed by atoms with Crippen LogP contribution >= 0.6 is 0 Å². The van der Waals surface area contributed by atoms with E-state index in [1.807, 2.05) is 26.0 Å². The van der Waals surface area contributed by atoms with Crippen LogP contribution in [0.5, 0.6) is 0 Å². The normalized spacial score (nSPS) is 19.4. The Kier molecular flexibility index (Phi) is 7.81. The summed E-state index contributed by atoms with van der Waals surface area (Å²) in [6, 6.07) is 19.3. The maximum atomic E-state index is 12.9. The molecule has 4 N–H and O–H groups in total. The molecule has 3 atom stereocenters. The van der Waals surface area contributed by atoms with E-state index in [1.54, 1.807) is 0 Å². The predicted octanol–water partition coefficient (Wildman–Crippen LogP) is 4.16. The van der Waals surface area contributed by atoms with Crippen molar-refractivity contribution in [3.8, 4) is 0 Å². The number of hydrogen-bond donors (Lipinski definition) is 4. The van der Waals surface area contributed by atoms with E-state index in [0.29, 0.717) is 25.1 Å². The van der Waals surface area contributed by atoms with Crippen molar-refractivity contribution in [1.82, 2.24) is 10.6 Å². The molecule has 5 rings (SSSR count). The minimum atomic E-state index is -1.01. The van der Waals surface area contributed by atoms with Crippen LogP contribution in [0.4, 0.5) is 16.2 Å². The van der Waals surface area contributed by atoms with E-state index in [4.69, 9.17) is 4.74 Å². The van der Waals surface area contributed by atoms with Crippen LogP contribution in [0, 0.1) is 5.92 Å². The predicted molar refractivity (Wildman–Crippen MR) is 149 cm³/mol. The Morgan fingerprint density at radius 1 is 1.11 bits per heavy atom. The topological polar surface area (TPSA) is 103 Å². The second-order valence-electron chi connectivity index (χ2n) is 10.6. The quantitative estimate of drug-likeness (QED) is 0.360. The van der Waals surface area contributed by atoms with Crippen molar-refractivity contribution in [2.24, 2.45) is 5.92 Å². The van der Waals surface area contributed by atoms with E-state index in [2.05, 4.69) is 69.4 Å². The molecule has 200 valence electrons. The van der Waals surface area contributed by atoms with Crippen molar-refractivity contribution in [2.75, 3.05) is 23.4 Å². The third-order valence-corrected chi connectivity index (χ3v) is 7.29. The SMILES string of the molecule is CC(C)C[C@H](NC(=O)Nc1ccc2c(c1)CCN2Cc1cccc2ccccc12)C(=O)N[C@H]1CCOC1O. The van der Waals surface area contributed by atoms with Gasteiger partial charge in [0.15, 0.2) is 6.29 Å². The van der Waals surface area contributed by atoms with Crippen LogP contribution in [0.3, 0.4) is 0 Å². The first-order valence-electron chi connectivity index (χ1n) is 13.4. The smallest absolute Gasteiger partial charge is 0.319 e. The van der Waals surface area contributed by atoms with Crippen LogP contribution in [-0.4, -0.2) is 48.6 Å². The van der Waals surface area contributed by atoms with Crippen molar-refractivity contribution < 1.29 is 19.4 Å². The average Bonchev–Trinajstić information content (AvgIpc) is 3.48. The summed E-state index contributed by atoms with van der Waals surface area (Å²) in [5, 5.41) is 20.9. The highest BCUT2D eigenvalue weighted by Gasteiger charge is 2.31. The van der Waals surface area contributed by atoms with Crippen molar-refractivity contribution in [3.05, 3.63) is 71.8 Å². The summed E-state index contributed by atoms with van der Waals surface area (Å²) in [5.41, 5.74) is 4.35. The van der Waals surface area contributed by atoms with Gasteiger partial charge in [-0.15, -0.1) is 0 Å². The molecule has 0 saturated carbocycles. The second kappa shape index (κ2) is 11.4. The highest BCUT2D eigenvalue weighted by Crippen LogP contribution is 2.33. The number of aliphatic hydroxyl groups is 1. The van der Waals surface area contributed by atoms with Gasteiger partial charge in [-0.1, -0.05) is 56.3 Å². The minimum Gasteiger partial charge on any atom is -0.367 e. The number of carbonyl (C=O) groups is 2. The highest BCUT2D eigenvalue weighted by molar-refractivity contribution is 5.94. The monoisotopic (exact) mass is 516 g/mol. The van der Waals surface area contributed by atoms with Crippen molar-refractivity contribution in [1.29, 1.82) is 0 Å². The third kappa shape index (κ3) is 5.92. The molecule has 8 nitrogen and oxygen atoms in total. The third-order valence-electron chi connectivity index (χ3n) is 7.29. The van der Waals surface area contributed by atoms with Gasteiger partial charge in [0.05, 0.1) is 12.6 Å². The number of nitrogens with zero attached hydrogens (tertiary/aromatic N) is 1. The van der Waals surface area contributed by atoms with Crippen LogP contribution in [0.2, 0.25) is 0 Å². The lowest BCUT2D eigenvalue weighted by Crippen LogP contribution is -2.52. The van der Waals surface area contributed by atoms with Crippen LogP contribution < -0.4 is 20.9 Å². The lowest BCUT2D eigenvalue weighted by Gasteiger charge is -2.23. The molecule has 0 aromatic heterocycles. The van der Waals surface area contributed by atoms with Gasteiger partial charge in [0.25, 0.3) is 0 Å². The molecule has 0 bridgehead atoms. The van der Waals surface area contributed by atoms with E-state index in [0.717, 1.165) is 19.5 Å². The molecular formula is C30H36N4O4. The molecule has 3 aromatic rings. The van der Waals surface area contributed by atoms with Gasteiger partial charge >= 0.3 is 6.03 Å². The summed E-state index contributed by atoms with van der Waals surface area (Å²) in [7, 11) is 0. The second-order valence-corrected chi connectivity index (χ2v) is 10.6. The van der Waals surface area contributed by atoms with Gasteiger partial charge in [-0.05, 0) is 65.3 Å². The molecule has 1 unspecified atom stereocenters. The number of nitrogens with one attached hydrogen (secondary N) is 3. The van der Waals surface area contributed by atoms with Crippen LogP contribution in [0.25, 0.3) is 10.8 Å². The number of amides is 3. The number of urea groups is 1. The molecule has 3 amide bonds. The van der Waals surface area contributed by atoms with Gasteiger partial charge in [0, 0.05) is 24.5 Å². The molecule has 2 aliphatic rings. The zero-order chi connectivity index (χ0) is 26.6. The van der Waals surface area contributed by atoms with Crippen molar-refractivity contribution >= 4 is 34.1 Å². The molecule has 3 aromatic carbocycles. The van der Waals surface area contributed by atoms with Crippen LogP contribution in [-0.2, 0) is 22.5 Å². The number of carbonyl (C=O) groups excluding carboxylic acids is 2. The first-order valence-corrected chi connectivity index (χ1v) is 13.4. The lowest BCUT2D eigenvalue weighted by molar-refractivity contribution is -0.127. The average molecular weight is 517 g/mol.